The third-order valence-corrected chi connectivity index (χ3v) is 3.95. The van der Waals surface area contributed by atoms with Gasteiger partial charge in [0.1, 0.15) is 17.5 Å². The number of rotatable bonds is 3. The fourth-order valence-electron chi connectivity index (χ4n) is 2.47. The van der Waals surface area contributed by atoms with E-state index in [1.807, 2.05) is 39.0 Å². The number of amides is 1. The van der Waals surface area contributed by atoms with Crippen LogP contribution >= 0.6 is 15.9 Å². The molecule has 1 saturated heterocycles. The van der Waals surface area contributed by atoms with Crippen LogP contribution in [-0.2, 0) is 4.74 Å². The van der Waals surface area contributed by atoms with Crippen molar-refractivity contribution in [2.75, 3.05) is 13.1 Å². The first-order valence-corrected chi connectivity index (χ1v) is 8.69. The predicted octanol–water partition coefficient (Wildman–Crippen LogP) is 4.04. The molecule has 132 valence electrons. The van der Waals surface area contributed by atoms with Crippen molar-refractivity contribution in [1.82, 2.24) is 4.90 Å². The number of oxime groups is 1. The summed E-state index contributed by atoms with van der Waals surface area (Å²) in [6, 6.07) is 5.51. The zero-order valence-corrected chi connectivity index (χ0v) is 15.7. The Balaban J connectivity index is 1.90. The van der Waals surface area contributed by atoms with Crippen molar-refractivity contribution >= 4 is 28.2 Å². The van der Waals surface area contributed by atoms with Crippen molar-refractivity contribution in [2.45, 2.75) is 45.3 Å². The Morgan fingerprint density at radius 3 is 2.58 bits per heavy atom. The molecule has 0 bridgehead atoms. The van der Waals surface area contributed by atoms with E-state index in [-0.39, 0.29) is 12.2 Å². The number of nitrogens with zero attached hydrogens (tertiary/aromatic N) is 2. The van der Waals surface area contributed by atoms with Crippen LogP contribution in [0.1, 0.15) is 39.2 Å². The first-order valence-electron chi connectivity index (χ1n) is 7.89. The highest BCUT2D eigenvalue weighted by molar-refractivity contribution is 9.10. The van der Waals surface area contributed by atoms with Crippen molar-refractivity contribution < 1.29 is 19.5 Å². The SMILES string of the molecule is CC(C)(C)OC(=O)N1CCC(Oc2cc(Br)cc(/C=N\O)c2)CC1. The number of halogens is 1. The van der Waals surface area contributed by atoms with Gasteiger partial charge in [-0.2, -0.15) is 0 Å². The molecule has 6 nitrogen and oxygen atoms in total. The molecular formula is C17H23BrN2O4. The van der Waals surface area contributed by atoms with E-state index < -0.39 is 5.60 Å². The number of ether oxygens (including phenoxy) is 2. The van der Waals surface area contributed by atoms with Crippen LogP contribution in [0.15, 0.2) is 27.8 Å². The minimum absolute atomic E-state index is 0.0388. The average molecular weight is 399 g/mol. The molecule has 0 saturated carbocycles. The van der Waals surface area contributed by atoms with Crippen LogP contribution in [0.4, 0.5) is 4.79 Å². The van der Waals surface area contributed by atoms with Crippen LogP contribution in [0.5, 0.6) is 5.75 Å². The first kappa shape index (κ1) is 18.6. The van der Waals surface area contributed by atoms with E-state index in [0.717, 1.165) is 22.9 Å². The Kier molecular flexibility index (Phi) is 6.10. The van der Waals surface area contributed by atoms with Gasteiger partial charge in [0.15, 0.2) is 0 Å². The molecule has 1 aliphatic rings. The van der Waals surface area contributed by atoms with E-state index in [0.29, 0.717) is 18.8 Å². The average Bonchev–Trinajstić information content (AvgIpc) is 2.46. The molecule has 1 heterocycles. The van der Waals surface area contributed by atoms with E-state index in [9.17, 15) is 4.79 Å². The molecule has 1 aromatic carbocycles. The maximum Gasteiger partial charge on any atom is 0.410 e. The smallest absolute Gasteiger partial charge is 0.410 e. The lowest BCUT2D eigenvalue weighted by atomic mass is 10.1. The Hall–Kier alpha value is -1.76. The Labute approximate surface area is 150 Å². The van der Waals surface area contributed by atoms with Crippen LogP contribution in [0.3, 0.4) is 0 Å². The molecule has 0 unspecified atom stereocenters. The van der Waals surface area contributed by atoms with Gasteiger partial charge >= 0.3 is 6.09 Å². The maximum absolute atomic E-state index is 12.1. The van der Waals surface area contributed by atoms with E-state index in [2.05, 4.69) is 21.1 Å². The number of carbonyl (C=O) groups excluding carboxylic acids is 1. The van der Waals surface area contributed by atoms with Gasteiger partial charge in [-0.25, -0.2) is 4.79 Å². The van der Waals surface area contributed by atoms with Gasteiger partial charge in [-0.15, -0.1) is 0 Å². The van der Waals surface area contributed by atoms with Gasteiger partial charge < -0.3 is 19.6 Å². The molecule has 1 aromatic rings. The third kappa shape index (κ3) is 5.70. The quantitative estimate of drug-likeness (QED) is 0.473. The van der Waals surface area contributed by atoms with Crippen molar-refractivity contribution in [3.8, 4) is 5.75 Å². The highest BCUT2D eigenvalue weighted by atomic mass is 79.9. The fourth-order valence-corrected chi connectivity index (χ4v) is 2.96. The number of piperidine rings is 1. The van der Waals surface area contributed by atoms with Crippen LogP contribution in [0, 0.1) is 0 Å². The van der Waals surface area contributed by atoms with E-state index in [1.165, 1.54) is 6.21 Å². The maximum atomic E-state index is 12.1. The number of hydrogen-bond acceptors (Lipinski definition) is 5. The zero-order valence-electron chi connectivity index (χ0n) is 14.2. The summed E-state index contributed by atoms with van der Waals surface area (Å²) < 4.78 is 12.2. The lowest BCUT2D eigenvalue weighted by Crippen LogP contribution is -2.44. The summed E-state index contributed by atoms with van der Waals surface area (Å²) in [6.45, 7) is 6.81. The molecule has 0 radical (unpaired) electrons. The van der Waals surface area contributed by atoms with Crippen molar-refractivity contribution in [1.29, 1.82) is 0 Å². The van der Waals surface area contributed by atoms with Gasteiger partial charge in [0.2, 0.25) is 0 Å². The van der Waals surface area contributed by atoms with Gasteiger partial charge in [0.05, 0.1) is 6.21 Å². The van der Waals surface area contributed by atoms with Crippen LogP contribution in [-0.4, -0.2) is 47.2 Å². The first-order chi connectivity index (χ1) is 11.3. The largest absolute Gasteiger partial charge is 0.490 e. The molecule has 1 amide bonds. The summed E-state index contributed by atoms with van der Waals surface area (Å²) in [7, 11) is 0. The highest BCUT2D eigenvalue weighted by Crippen LogP contribution is 2.25. The molecule has 0 spiro atoms. The minimum atomic E-state index is -0.481. The minimum Gasteiger partial charge on any atom is -0.490 e. The molecule has 0 atom stereocenters. The Morgan fingerprint density at radius 1 is 1.33 bits per heavy atom. The van der Waals surface area contributed by atoms with Crippen LogP contribution in [0.25, 0.3) is 0 Å². The summed E-state index contributed by atoms with van der Waals surface area (Å²) in [4.78, 5) is 13.8. The third-order valence-electron chi connectivity index (χ3n) is 3.50. The highest BCUT2D eigenvalue weighted by Gasteiger charge is 2.27. The van der Waals surface area contributed by atoms with Gasteiger partial charge in [0.25, 0.3) is 0 Å². The Bertz CT molecular complexity index is 605. The zero-order chi connectivity index (χ0) is 17.7. The summed E-state index contributed by atoms with van der Waals surface area (Å²) in [5.74, 6) is 0.704. The van der Waals surface area contributed by atoms with E-state index in [1.54, 1.807) is 4.90 Å². The number of carbonyl (C=O) groups is 1. The lowest BCUT2D eigenvalue weighted by Gasteiger charge is -2.33. The van der Waals surface area contributed by atoms with Crippen molar-refractivity contribution in [3.63, 3.8) is 0 Å². The summed E-state index contributed by atoms with van der Waals surface area (Å²) >= 11 is 3.41. The standard InChI is InChI=1S/C17H23BrN2O4/c1-17(2,3)24-16(21)20-6-4-14(5-7-20)23-15-9-12(11-19-22)8-13(18)10-15/h8-11,14,22H,4-7H2,1-3H3/b19-11-. The second-order valence-electron chi connectivity index (χ2n) is 6.75. The number of likely N-dealkylation sites (tertiary alicyclic amines) is 1. The van der Waals surface area contributed by atoms with E-state index in [4.69, 9.17) is 14.7 Å². The molecule has 1 N–H and O–H groups in total. The summed E-state index contributed by atoms with van der Waals surface area (Å²) in [5.41, 5.74) is 0.263. The van der Waals surface area contributed by atoms with E-state index >= 15 is 0 Å². The summed E-state index contributed by atoms with van der Waals surface area (Å²) in [6.07, 6.45) is 2.61. The normalized spacial score (nSPS) is 16.4. The van der Waals surface area contributed by atoms with Gasteiger partial charge in [0, 0.05) is 36.0 Å². The molecule has 24 heavy (non-hydrogen) atoms. The molecule has 1 aliphatic heterocycles. The molecule has 1 fully saturated rings. The molecule has 2 rings (SSSR count). The molecular weight excluding hydrogens is 376 g/mol. The van der Waals surface area contributed by atoms with Crippen molar-refractivity contribution in [3.05, 3.63) is 28.2 Å². The van der Waals surface area contributed by atoms with Gasteiger partial charge in [-0.05, 0) is 39.0 Å². The second-order valence-corrected chi connectivity index (χ2v) is 7.67. The number of hydrogen-bond donors (Lipinski definition) is 1. The van der Waals surface area contributed by atoms with Gasteiger partial charge in [-0.3, -0.25) is 0 Å². The summed E-state index contributed by atoms with van der Waals surface area (Å²) in [5, 5.41) is 11.7. The Morgan fingerprint density at radius 2 is 2.00 bits per heavy atom. The lowest BCUT2D eigenvalue weighted by molar-refractivity contribution is 0.0126. The topological polar surface area (TPSA) is 71.4 Å². The van der Waals surface area contributed by atoms with Crippen LogP contribution < -0.4 is 4.74 Å². The molecule has 0 aromatic heterocycles. The predicted molar refractivity (Wildman–Crippen MR) is 95.0 cm³/mol. The fraction of sp³-hybridized carbons (Fsp3) is 0.529. The van der Waals surface area contributed by atoms with Crippen molar-refractivity contribution in [2.24, 2.45) is 5.16 Å². The van der Waals surface area contributed by atoms with Crippen LogP contribution in [0.2, 0.25) is 0 Å². The van der Waals surface area contributed by atoms with Gasteiger partial charge in [-0.1, -0.05) is 21.1 Å². The number of benzene rings is 1. The molecule has 0 aliphatic carbocycles. The monoisotopic (exact) mass is 398 g/mol. The molecule has 7 heteroatoms. The second kappa shape index (κ2) is 7.88.